The third kappa shape index (κ3) is 3.98. The van der Waals surface area contributed by atoms with Crippen molar-refractivity contribution in [2.75, 3.05) is 24.8 Å². The lowest BCUT2D eigenvalue weighted by atomic mass is 10.1. The number of amides is 1. The SMILES string of the molecule is CSc1nc2ccc(NC(=O)c3cn(C)nc3-c3ccc4c(c3)OCCCO4)cc2s1. The van der Waals surface area contributed by atoms with Crippen LogP contribution in [0.3, 0.4) is 0 Å². The van der Waals surface area contributed by atoms with Crippen LogP contribution in [-0.2, 0) is 7.05 Å². The van der Waals surface area contributed by atoms with Crippen molar-refractivity contribution in [3.05, 3.63) is 48.2 Å². The number of carbonyl (C=O) groups is 1. The Morgan fingerprint density at radius 2 is 2.00 bits per heavy atom. The summed E-state index contributed by atoms with van der Waals surface area (Å²) in [5, 5.41) is 7.53. The first kappa shape index (κ1) is 19.9. The van der Waals surface area contributed by atoms with Crippen molar-refractivity contribution in [3.63, 3.8) is 0 Å². The van der Waals surface area contributed by atoms with Gasteiger partial charge in [-0.15, -0.1) is 11.3 Å². The quantitative estimate of drug-likeness (QED) is 0.447. The molecule has 7 nitrogen and oxygen atoms in total. The fourth-order valence-corrected chi connectivity index (χ4v) is 4.97. The van der Waals surface area contributed by atoms with Gasteiger partial charge in [0.05, 0.1) is 29.0 Å². The number of thioether (sulfide) groups is 1. The molecular weight excluding hydrogens is 432 g/mol. The molecule has 0 fully saturated rings. The lowest BCUT2D eigenvalue weighted by Gasteiger charge is -2.09. The van der Waals surface area contributed by atoms with E-state index in [1.165, 1.54) is 0 Å². The van der Waals surface area contributed by atoms with E-state index in [-0.39, 0.29) is 5.91 Å². The maximum absolute atomic E-state index is 13.1. The van der Waals surface area contributed by atoms with Crippen LogP contribution >= 0.6 is 23.1 Å². The van der Waals surface area contributed by atoms with Crippen molar-refractivity contribution in [1.29, 1.82) is 0 Å². The van der Waals surface area contributed by atoms with Crippen molar-refractivity contribution in [1.82, 2.24) is 14.8 Å². The van der Waals surface area contributed by atoms with Gasteiger partial charge in [-0.25, -0.2) is 4.98 Å². The number of nitrogens with zero attached hydrogens (tertiary/aromatic N) is 3. The Kier molecular flexibility index (Phi) is 5.29. The van der Waals surface area contributed by atoms with Crippen molar-refractivity contribution in [2.24, 2.45) is 7.05 Å². The van der Waals surface area contributed by atoms with Gasteiger partial charge >= 0.3 is 0 Å². The minimum atomic E-state index is -0.218. The van der Waals surface area contributed by atoms with Crippen molar-refractivity contribution in [3.8, 4) is 22.8 Å². The van der Waals surface area contributed by atoms with Gasteiger partial charge in [-0.05, 0) is 42.7 Å². The average Bonchev–Trinajstić information content (AvgIpc) is 3.28. The minimum Gasteiger partial charge on any atom is -0.490 e. The fraction of sp³-hybridized carbons (Fsp3) is 0.227. The normalized spacial score (nSPS) is 13.2. The van der Waals surface area contributed by atoms with Crippen molar-refractivity contribution < 1.29 is 14.3 Å². The van der Waals surface area contributed by atoms with Crippen LogP contribution in [0.5, 0.6) is 11.5 Å². The Morgan fingerprint density at radius 1 is 1.16 bits per heavy atom. The molecule has 0 spiro atoms. The Balaban J connectivity index is 1.45. The number of nitrogens with one attached hydrogen (secondary N) is 1. The molecule has 2 aromatic heterocycles. The number of ether oxygens (including phenoxy) is 2. The van der Waals surface area contributed by atoms with Crippen LogP contribution in [-0.4, -0.2) is 40.1 Å². The summed E-state index contributed by atoms with van der Waals surface area (Å²) in [6.07, 6.45) is 4.57. The summed E-state index contributed by atoms with van der Waals surface area (Å²) < 4.78 is 15.2. The van der Waals surface area contributed by atoms with E-state index in [0.717, 1.165) is 32.2 Å². The third-order valence-electron chi connectivity index (χ3n) is 4.90. The highest BCUT2D eigenvalue weighted by Gasteiger charge is 2.20. The first-order valence-electron chi connectivity index (χ1n) is 9.80. The molecule has 4 aromatic rings. The molecule has 0 saturated heterocycles. The standard InChI is InChI=1S/C22H20N4O3S2/c1-26-12-15(20(25-26)13-4-7-17-18(10-13)29-9-3-8-28-17)21(27)23-14-5-6-16-19(11-14)31-22(24-16)30-2/h4-7,10-12H,3,8-9H2,1-2H3,(H,23,27). The first-order valence-corrected chi connectivity index (χ1v) is 11.8. The molecule has 0 saturated carbocycles. The molecule has 0 bridgehead atoms. The van der Waals surface area contributed by atoms with Gasteiger partial charge in [0.1, 0.15) is 5.69 Å². The van der Waals surface area contributed by atoms with Gasteiger partial charge in [0.15, 0.2) is 15.8 Å². The number of carbonyl (C=O) groups excluding carboxylic acids is 1. The van der Waals surface area contributed by atoms with E-state index in [2.05, 4.69) is 15.4 Å². The first-order chi connectivity index (χ1) is 15.1. The molecule has 1 amide bonds. The van der Waals surface area contributed by atoms with Crippen LogP contribution in [0, 0.1) is 0 Å². The van der Waals surface area contributed by atoms with E-state index in [9.17, 15) is 4.79 Å². The summed E-state index contributed by atoms with van der Waals surface area (Å²) in [7, 11) is 1.80. The second kappa shape index (κ2) is 8.24. The molecule has 9 heteroatoms. The highest BCUT2D eigenvalue weighted by molar-refractivity contribution is 8.00. The van der Waals surface area contributed by atoms with Crippen LogP contribution in [0.25, 0.3) is 21.5 Å². The molecule has 3 heterocycles. The number of aromatic nitrogens is 3. The van der Waals surface area contributed by atoms with E-state index >= 15 is 0 Å². The number of aryl methyl sites for hydroxylation is 1. The molecule has 0 atom stereocenters. The fourth-order valence-electron chi connectivity index (χ4n) is 3.45. The zero-order valence-electron chi connectivity index (χ0n) is 17.0. The summed E-state index contributed by atoms with van der Waals surface area (Å²) in [5.41, 5.74) is 3.55. The van der Waals surface area contributed by atoms with Crippen LogP contribution in [0.15, 0.2) is 46.9 Å². The van der Waals surface area contributed by atoms with Crippen LogP contribution in [0.1, 0.15) is 16.8 Å². The van der Waals surface area contributed by atoms with E-state index in [1.807, 2.05) is 42.7 Å². The highest BCUT2D eigenvalue weighted by Crippen LogP contribution is 2.35. The molecule has 0 aliphatic carbocycles. The molecule has 31 heavy (non-hydrogen) atoms. The van der Waals surface area contributed by atoms with Gasteiger partial charge in [-0.3, -0.25) is 9.48 Å². The van der Waals surface area contributed by atoms with Crippen molar-refractivity contribution in [2.45, 2.75) is 10.8 Å². The van der Waals surface area contributed by atoms with Gasteiger partial charge < -0.3 is 14.8 Å². The largest absolute Gasteiger partial charge is 0.490 e. The topological polar surface area (TPSA) is 78.3 Å². The molecule has 0 unspecified atom stereocenters. The molecule has 1 N–H and O–H groups in total. The number of thiazole rings is 1. The second-order valence-electron chi connectivity index (χ2n) is 7.10. The molecule has 158 valence electrons. The molecule has 0 radical (unpaired) electrons. The second-order valence-corrected chi connectivity index (χ2v) is 9.18. The van der Waals surface area contributed by atoms with Crippen molar-refractivity contribution >= 4 is 44.9 Å². The van der Waals surface area contributed by atoms with E-state index < -0.39 is 0 Å². The zero-order valence-corrected chi connectivity index (χ0v) is 18.7. The maximum atomic E-state index is 13.1. The number of rotatable bonds is 4. The van der Waals surface area contributed by atoms with Crippen LogP contribution in [0.2, 0.25) is 0 Å². The average molecular weight is 453 g/mol. The zero-order chi connectivity index (χ0) is 21.4. The monoisotopic (exact) mass is 452 g/mol. The van der Waals surface area contributed by atoms with Gasteiger partial charge in [0, 0.05) is 30.9 Å². The van der Waals surface area contributed by atoms with E-state index in [4.69, 9.17) is 9.47 Å². The third-order valence-corrected chi connectivity index (χ3v) is 6.90. The number of hydrogen-bond donors (Lipinski definition) is 1. The number of anilines is 1. The summed E-state index contributed by atoms with van der Waals surface area (Å²) in [6.45, 7) is 1.23. The Labute approximate surface area is 187 Å². The lowest BCUT2D eigenvalue weighted by Crippen LogP contribution is -2.12. The van der Waals surface area contributed by atoms with E-state index in [0.29, 0.717) is 36.0 Å². The Bertz CT molecular complexity index is 1280. The predicted octanol–water partition coefficient (Wildman–Crippen LogP) is 4.83. The smallest absolute Gasteiger partial charge is 0.259 e. The highest BCUT2D eigenvalue weighted by atomic mass is 32.2. The van der Waals surface area contributed by atoms with Crippen LogP contribution in [0.4, 0.5) is 5.69 Å². The molecule has 1 aliphatic rings. The van der Waals surface area contributed by atoms with E-state index in [1.54, 1.807) is 41.0 Å². The predicted molar refractivity (Wildman–Crippen MR) is 124 cm³/mol. The molecular formula is C22H20N4O3S2. The summed E-state index contributed by atoms with van der Waals surface area (Å²) in [5.74, 6) is 1.17. The Hall–Kier alpha value is -3.04. The van der Waals surface area contributed by atoms with Gasteiger partial charge in [0.2, 0.25) is 0 Å². The number of hydrogen-bond acceptors (Lipinski definition) is 7. The molecule has 2 aromatic carbocycles. The minimum absolute atomic E-state index is 0.218. The summed E-state index contributed by atoms with van der Waals surface area (Å²) in [6, 6.07) is 11.4. The van der Waals surface area contributed by atoms with Gasteiger partial charge in [-0.1, -0.05) is 11.8 Å². The number of benzene rings is 2. The lowest BCUT2D eigenvalue weighted by molar-refractivity contribution is 0.102. The Morgan fingerprint density at radius 3 is 2.84 bits per heavy atom. The maximum Gasteiger partial charge on any atom is 0.259 e. The summed E-state index contributed by atoms with van der Waals surface area (Å²) in [4.78, 5) is 17.7. The molecule has 5 rings (SSSR count). The molecule has 1 aliphatic heterocycles. The van der Waals surface area contributed by atoms with Gasteiger partial charge in [0.25, 0.3) is 5.91 Å². The van der Waals surface area contributed by atoms with Gasteiger partial charge in [-0.2, -0.15) is 5.10 Å². The summed E-state index contributed by atoms with van der Waals surface area (Å²) >= 11 is 3.23. The van der Waals surface area contributed by atoms with Crippen LogP contribution < -0.4 is 14.8 Å². The number of fused-ring (bicyclic) bond motifs is 2.